The summed E-state index contributed by atoms with van der Waals surface area (Å²) in [7, 11) is 3.62. The first-order valence-electron chi connectivity index (χ1n) is 6.98. The Balaban J connectivity index is 1.80. The fourth-order valence-electron chi connectivity index (χ4n) is 2.74. The van der Waals surface area contributed by atoms with Gasteiger partial charge in [0.05, 0.1) is 6.61 Å². The van der Waals surface area contributed by atoms with Gasteiger partial charge in [-0.25, -0.2) is 0 Å². The van der Waals surface area contributed by atoms with E-state index in [9.17, 15) is 0 Å². The van der Waals surface area contributed by atoms with E-state index in [1.807, 2.05) is 7.05 Å². The predicted molar refractivity (Wildman–Crippen MR) is 71.7 cm³/mol. The number of guanidine groups is 1. The Kier molecular flexibility index (Phi) is 4.83. The molecule has 2 N–H and O–H groups in total. The van der Waals surface area contributed by atoms with Crippen molar-refractivity contribution < 1.29 is 9.47 Å². The molecular weight excluding hydrogens is 230 g/mol. The Labute approximate surface area is 109 Å². The summed E-state index contributed by atoms with van der Waals surface area (Å²) < 4.78 is 12.1. The van der Waals surface area contributed by atoms with Crippen LogP contribution in [0.5, 0.6) is 0 Å². The third kappa shape index (κ3) is 3.36. The molecule has 1 saturated heterocycles. The molecule has 1 spiro atoms. The highest BCUT2D eigenvalue weighted by Crippen LogP contribution is 2.36. The molecule has 1 aliphatic heterocycles. The number of aliphatic imine (C=N–C) groups is 1. The second-order valence-electron chi connectivity index (χ2n) is 5.08. The third-order valence-electron chi connectivity index (χ3n) is 3.74. The number of nitrogens with zero attached hydrogens (tertiary/aromatic N) is 1. The van der Waals surface area contributed by atoms with Crippen LogP contribution in [0.2, 0.25) is 0 Å². The van der Waals surface area contributed by atoms with Crippen LogP contribution in [0.1, 0.15) is 38.5 Å². The zero-order chi connectivity index (χ0) is 12.8. The van der Waals surface area contributed by atoms with E-state index in [1.165, 1.54) is 25.7 Å². The molecule has 5 heteroatoms. The van der Waals surface area contributed by atoms with Crippen molar-refractivity contribution in [3.63, 3.8) is 0 Å². The standard InChI is InChI=1S/C13H25N3O2/c1-14-12(15-2)16-9-11-10-17-13(18-11)7-5-3-4-6-8-13/h11H,3-10H2,1-2H3,(H2,14,15,16)/t11-/m0/s1. The molecule has 2 aliphatic rings. The summed E-state index contributed by atoms with van der Waals surface area (Å²) in [5.74, 6) is 0.506. The fourth-order valence-corrected chi connectivity index (χ4v) is 2.74. The topological polar surface area (TPSA) is 54.9 Å². The average molecular weight is 255 g/mol. The predicted octanol–water partition coefficient (Wildman–Crippen LogP) is 1.25. The summed E-state index contributed by atoms with van der Waals surface area (Å²) in [6.45, 7) is 1.43. The normalized spacial score (nSPS) is 28.1. The Bertz CT molecular complexity index is 286. The lowest BCUT2D eigenvalue weighted by atomic mass is 10.1. The molecule has 0 bridgehead atoms. The van der Waals surface area contributed by atoms with Crippen LogP contribution >= 0.6 is 0 Å². The van der Waals surface area contributed by atoms with E-state index in [-0.39, 0.29) is 11.9 Å². The van der Waals surface area contributed by atoms with Gasteiger partial charge in [-0.2, -0.15) is 0 Å². The van der Waals surface area contributed by atoms with E-state index in [4.69, 9.17) is 9.47 Å². The Morgan fingerprint density at radius 2 is 2.00 bits per heavy atom. The van der Waals surface area contributed by atoms with Crippen LogP contribution in [0, 0.1) is 0 Å². The minimum atomic E-state index is -0.286. The Hall–Kier alpha value is -0.810. The Morgan fingerprint density at radius 1 is 1.28 bits per heavy atom. The van der Waals surface area contributed by atoms with Gasteiger partial charge in [-0.1, -0.05) is 12.8 Å². The first-order valence-corrected chi connectivity index (χ1v) is 6.98. The fraction of sp³-hybridized carbons (Fsp3) is 0.923. The van der Waals surface area contributed by atoms with Gasteiger partial charge in [0, 0.05) is 33.5 Å². The molecule has 0 aromatic heterocycles. The molecule has 1 aliphatic carbocycles. The minimum Gasteiger partial charge on any atom is -0.359 e. The van der Waals surface area contributed by atoms with E-state index < -0.39 is 0 Å². The SMILES string of the molecule is CN=C(NC)NC[C@H]1COC2(CCCCCC2)O1. The summed E-state index contributed by atoms with van der Waals surface area (Å²) in [4.78, 5) is 4.08. The summed E-state index contributed by atoms with van der Waals surface area (Å²) >= 11 is 0. The van der Waals surface area contributed by atoms with Crippen molar-refractivity contribution in [2.45, 2.75) is 50.4 Å². The summed E-state index contributed by atoms with van der Waals surface area (Å²) in [5, 5.41) is 6.23. The van der Waals surface area contributed by atoms with Gasteiger partial charge in [-0.15, -0.1) is 0 Å². The molecule has 104 valence electrons. The van der Waals surface area contributed by atoms with Crippen LogP contribution in [0.4, 0.5) is 0 Å². The maximum absolute atomic E-state index is 6.14. The second kappa shape index (κ2) is 6.38. The zero-order valence-corrected chi connectivity index (χ0v) is 11.5. The van der Waals surface area contributed by atoms with Crippen LogP contribution in [0.3, 0.4) is 0 Å². The highest BCUT2D eigenvalue weighted by molar-refractivity contribution is 5.79. The number of nitrogens with one attached hydrogen (secondary N) is 2. The van der Waals surface area contributed by atoms with Crippen molar-refractivity contribution in [1.29, 1.82) is 0 Å². The molecule has 2 fully saturated rings. The molecule has 1 heterocycles. The monoisotopic (exact) mass is 255 g/mol. The molecular formula is C13H25N3O2. The highest BCUT2D eigenvalue weighted by atomic mass is 16.7. The Morgan fingerprint density at radius 3 is 2.61 bits per heavy atom. The molecule has 5 nitrogen and oxygen atoms in total. The van der Waals surface area contributed by atoms with Gasteiger partial charge in [0.15, 0.2) is 11.7 Å². The number of rotatable bonds is 2. The lowest BCUT2D eigenvalue weighted by Crippen LogP contribution is -2.40. The van der Waals surface area contributed by atoms with Crippen LogP contribution in [0.25, 0.3) is 0 Å². The first kappa shape index (κ1) is 13.6. The minimum absolute atomic E-state index is 0.133. The van der Waals surface area contributed by atoms with Crippen molar-refractivity contribution >= 4 is 5.96 Å². The molecule has 0 aromatic rings. The molecule has 0 amide bonds. The van der Waals surface area contributed by atoms with E-state index in [0.29, 0.717) is 6.61 Å². The maximum Gasteiger partial charge on any atom is 0.190 e. The summed E-state index contributed by atoms with van der Waals surface area (Å²) in [6, 6.07) is 0. The summed E-state index contributed by atoms with van der Waals surface area (Å²) in [6.07, 6.45) is 7.28. The van der Waals surface area contributed by atoms with Gasteiger partial charge in [0.2, 0.25) is 0 Å². The van der Waals surface area contributed by atoms with Gasteiger partial charge >= 0.3 is 0 Å². The van der Waals surface area contributed by atoms with Crippen molar-refractivity contribution in [2.24, 2.45) is 4.99 Å². The highest BCUT2D eigenvalue weighted by Gasteiger charge is 2.41. The molecule has 1 atom stereocenters. The van der Waals surface area contributed by atoms with E-state index in [0.717, 1.165) is 25.3 Å². The molecule has 0 radical (unpaired) electrons. The number of hydrogen-bond donors (Lipinski definition) is 2. The van der Waals surface area contributed by atoms with Gasteiger partial charge in [0.1, 0.15) is 6.10 Å². The first-order chi connectivity index (χ1) is 8.78. The van der Waals surface area contributed by atoms with Crippen LogP contribution in [0.15, 0.2) is 4.99 Å². The smallest absolute Gasteiger partial charge is 0.190 e. The maximum atomic E-state index is 6.14. The van der Waals surface area contributed by atoms with Gasteiger partial charge in [0.25, 0.3) is 0 Å². The lowest BCUT2D eigenvalue weighted by Gasteiger charge is -2.26. The number of ether oxygens (including phenoxy) is 2. The van der Waals surface area contributed by atoms with Crippen molar-refractivity contribution in [1.82, 2.24) is 10.6 Å². The third-order valence-corrected chi connectivity index (χ3v) is 3.74. The second-order valence-corrected chi connectivity index (χ2v) is 5.08. The largest absolute Gasteiger partial charge is 0.359 e. The van der Waals surface area contributed by atoms with Crippen molar-refractivity contribution in [2.75, 3.05) is 27.2 Å². The summed E-state index contributed by atoms with van der Waals surface area (Å²) in [5.41, 5.74) is 0. The van der Waals surface area contributed by atoms with Gasteiger partial charge < -0.3 is 20.1 Å². The molecule has 1 saturated carbocycles. The van der Waals surface area contributed by atoms with E-state index in [2.05, 4.69) is 15.6 Å². The molecule has 18 heavy (non-hydrogen) atoms. The van der Waals surface area contributed by atoms with Crippen molar-refractivity contribution in [3.8, 4) is 0 Å². The quantitative estimate of drug-likeness (QED) is 0.576. The average Bonchev–Trinajstić information content (AvgIpc) is 2.64. The molecule has 0 aromatic carbocycles. The lowest BCUT2D eigenvalue weighted by molar-refractivity contribution is -0.175. The van der Waals surface area contributed by atoms with Crippen LogP contribution in [-0.2, 0) is 9.47 Å². The molecule has 2 rings (SSSR count). The van der Waals surface area contributed by atoms with Crippen molar-refractivity contribution in [3.05, 3.63) is 0 Å². The zero-order valence-electron chi connectivity index (χ0n) is 11.5. The number of hydrogen-bond acceptors (Lipinski definition) is 3. The van der Waals surface area contributed by atoms with Gasteiger partial charge in [-0.3, -0.25) is 4.99 Å². The van der Waals surface area contributed by atoms with Crippen LogP contribution in [-0.4, -0.2) is 45.1 Å². The van der Waals surface area contributed by atoms with Gasteiger partial charge in [-0.05, 0) is 12.8 Å². The van der Waals surface area contributed by atoms with Crippen LogP contribution < -0.4 is 10.6 Å². The van der Waals surface area contributed by atoms with E-state index >= 15 is 0 Å². The van der Waals surface area contributed by atoms with E-state index in [1.54, 1.807) is 7.05 Å². The molecule has 0 unspecified atom stereocenters.